The van der Waals surface area contributed by atoms with Crippen molar-refractivity contribution in [2.45, 2.75) is 6.42 Å². The number of phenolic OH excluding ortho intramolecular Hbond substituents is 1. The predicted molar refractivity (Wildman–Crippen MR) is 105 cm³/mol. The van der Waals surface area contributed by atoms with Gasteiger partial charge in [0.15, 0.2) is 11.6 Å². The van der Waals surface area contributed by atoms with E-state index < -0.39 is 0 Å². The molecule has 2 aromatic rings. The molecule has 0 aromatic heterocycles. The average Bonchev–Trinajstić information content (AvgIpc) is 2.71. The molecule has 0 spiro atoms. The molecule has 1 aliphatic heterocycles. The number of benzene rings is 2. The number of piperazine rings is 1. The van der Waals surface area contributed by atoms with E-state index in [0.717, 1.165) is 39.1 Å². The van der Waals surface area contributed by atoms with Crippen LogP contribution in [0.25, 0.3) is 0 Å². The fraction of sp³-hybridized carbons (Fsp3) is 0.364. The quantitative estimate of drug-likeness (QED) is 0.685. The van der Waals surface area contributed by atoms with Crippen LogP contribution in [-0.2, 0) is 0 Å². The second-order valence-corrected chi connectivity index (χ2v) is 7.38. The maximum absolute atomic E-state index is 13.0. The highest BCUT2D eigenvalue weighted by atomic mass is 16.5. The lowest BCUT2D eigenvalue weighted by Gasteiger charge is -2.32. The minimum absolute atomic E-state index is 0.0419. The molecule has 1 saturated heterocycles. The number of rotatable bonds is 5. The van der Waals surface area contributed by atoms with Crippen molar-refractivity contribution in [1.82, 2.24) is 9.80 Å². The number of hydrogen-bond acceptors (Lipinski definition) is 6. The Bertz CT molecular complexity index is 917. The van der Waals surface area contributed by atoms with Crippen molar-refractivity contribution in [1.29, 1.82) is 0 Å². The van der Waals surface area contributed by atoms with E-state index in [1.165, 1.54) is 6.07 Å². The zero-order chi connectivity index (χ0) is 19.7. The number of ether oxygens (including phenoxy) is 1. The van der Waals surface area contributed by atoms with Gasteiger partial charge in [-0.3, -0.25) is 9.59 Å². The first-order chi connectivity index (χ1) is 13.6. The first-order valence-corrected chi connectivity index (χ1v) is 9.64. The monoisotopic (exact) mass is 380 g/mol. The first-order valence-electron chi connectivity index (χ1n) is 9.64. The number of nitrogens with zero attached hydrogens (tertiary/aromatic N) is 2. The summed E-state index contributed by atoms with van der Waals surface area (Å²) in [7, 11) is 2.13. The van der Waals surface area contributed by atoms with Gasteiger partial charge in [0.2, 0.25) is 0 Å². The van der Waals surface area contributed by atoms with Gasteiger partial charge < -0.3 is 19.6 Å². The minimum Gasteiger partial charge on any atom is -0.507 e. The van der Waals surface area contributed by atoms with Crippen molar-refractivity contribution in [2.24, 2.45) is 0 Å². The molecule has 0 atom stereocenters. The van der Waals surface area contributed by atoms with Crippen LogP contribution in [-0.4, -0.2) is 72.9 Å². The van der Waals surface area contributed by atoms with Gasteiger partial charge in [0.25, 0.3) is 0 Å². The topological polar surface area (TPSA) is 70.1 Å². The third kappa shape index (κ3) is 3.41. The highest BCUT2D eigenvalue weighted by molar-refractivity contribution is 6.30. The molecule has 2 aromatic carbocycles. The van der Waals surface area contributed by atoms with E-state index in [4.69, 9.17) is 4.74 Å². The molecule has 6 nitrogen and oxygen atoms in total. The van der Waals surface area contributed by atoms with E-state index in [2.05, 4.69) is 16.8 Å². The van der Waals surface area contributed by atoms with Gasteiger partial charge in [0, 0.05) is 43.9 Å². The van der Waals surface area contributed by atoms with Crippen LogP contribution in [0.15, 0.2) is 36.4 Å². The van der Waals surface area contributed by atoms with E-state index in [-0.39, 0.29) is 28.4 Å². The van der Waals surface area contributed by atoms with Gasteiger partial charge in [-0.15, -0.1) is 0 Å². The highest BCUT2D eigenvalue weighted by Crippen LogP contribution is 2.38. The minimum atomic E-state index is -0.342. The summed E-state index contributed by atoms with van der Waals surface area (Å²) in [5.74, 6) is -0.451. The molecule has 1 N–H and O–H groups in total. The molecule has 0 bridgehead atoms. The molecule has 0 amide bonds. The number of phenols is 1. The number of hydrogen-bond donors (Lipinski definition) is 1. The summed E-state index contributed by atoms with van der Waals surface area (Å²) in [5.41, 5.74) is 0.888. The molecule has 1 fully saturated rings. The summed E-state index contributed by atoms with van der Waals surface area (Å²) in [6, 6.07) is 9.69. The maximum Gasteiger partial charge on any atom is 0.198 e. The molecule has 1 aliphatic carbocycles. The van der Waals surface area contributed by atoms with Gasteiger partial charge in [-0.05, 0) is 25.6 Å². The molecule has 4 rings (SSSR count). The maximum atomic E-state index is 13.0. The third-order valence-corrected chi connectivity index (χ3v) is 5.49. The smallest absolute Gasteiger partial charge is 0.198 e. The fourth-order valence-corrected chi connectivity index (χ4v) is 3.84. The lowest BCUT2D eigenvalue weighted by molar-refractivity contribution is 0.0972. The van der Waals surface area contributed by atoms with Crippen LogP contribution in [0.3, 0.4) is 0 Å². The van der Waals surface area contributed by atoms with Crippen molar-refractivity contribution in [3.05, 3.63) is 58.7 Å². The van der Waals surface area contributed by atoms with Crippen molar-refractivity contribution < 1.29 is 19.4 Å². The lowest BCUT2D eigenvalue weighted by atomic mass is 9.83. The fourth-order valence-electron chi connectivity index (χ4n) is 3.84. The van der Waals surface area contributed by atoms with Gasteiger partial charge in [-0.25, -0.2) is 0 Å². The molecule has 1 heterocycles. The van der Waals surface area contributed by atoms with Crippen LogP contribution in [0.1, 0.15) is 38.3 Å². The van der Waals surface area contributed by atoms with Gasteiger partial charge in [0.05, 0.1) is 17.7 Å². The van der Waals surface area contributed by atoms with Crippen LogP contribution in [0.2, 0.25) is 0 Å². The summed E-state index contributed by atoms with van der Waals surface area (Å²) in [6.07, 6.45) is 0.831. The molecule has 2 aliphatic rings. The van der Waals surface area contributed by atoms with Crippen molar-refractivity contribution in [3.63, 3.8) is 0 Å². The number of ketones is 2. The van der Waals surface area contributed by atoms with Gasteiger partial charge in [0.1, 0.15) is 11.5 Å². The van der Waals surface area contributed by atoms with Gasteiger partial charge >= 0.3 is 0 Å². The molecule has 28 heavy (non-hydrogen) atoms. The van der Waals surface area contributed by atoms with Crippen LogP contribution in [0.5, 0.6) is 11.5 Å². The number of carbonyl (C=O) groups is 2. The van der Waals surface area contributed by atoms with Crippen molar-refractivity contribution >= 4 is 11.6 Å². The van der Waals surface area contributed by atoms with Crippen molar-refractivity contribution in [2.75, 3.05) is 46.4 Å². The Morgan fingerprint density at radius 3 is 2.25 bits per heavy atom. The van der Waals surface area contributed by atoms with Crippen molar-refractivity contribution in [3.8, 4) is 11.5 Å². The lowest BCUT2D eigenvalue weighted by Crippen LogP contribution is -2.44. The summed E-state index contributed by atoms with van der Waals surface area (Å²) in [6.45, 7) is 5.63. The Hall–Kier alpha value is -2.70. The summed E-state index contributed by atoms with van der Waals surface area (Å²) >= 11 is 0. The number of likely N-dealkylation sites (N-methyl/N-ethyl adjacent to an activating group) is 1. The Morgan fingerprint density at radius 1 is 0.929 bits per heavy atom. The average molecular weight is 380 g/mol. The van der Waals surface area contributed by atoms with Crippen LogP contribution >= 0.6 is 0 Å². The van der Waals surface area contributed by atoms with Crippen LogP contribution in [0.4, 0.5) is 0 Å². The third-order valence-electron chi connectivity index (χ3n) is 5.49. The largest absolute Gasteiger partial charge is 0.507 e. The van der Waals surface area contributed by atoms with E-state index in [1.54, 1.807) is 30.3 Å². The Morgan fingerprint density at radius 2 is 1.57 bits per heavy atom. The Kier molecular flexibility index (Phi) is 5.15. The number of fused-ring (bicyclic) bond motifs is 2. The molecular formula is C22H24N2O4. The number of aromatic hydroxyl groups is 1. The first kappa shape index (κ1) is 18.7. The number of carbonyl (C=O) groups excluding carboxylic acids is 2. The van der Waals surface area contributed by atoms with Crippen LogP contribution < -0.4 is 4.74 Å². The molecule has 0 unspecified atom stereocenters. The second-order valence-electron chi connectivity index (χ2n) is 7.38. The van der Waals surface area contributed by atoms with E-state index in [9.17, 15) is 14.7 Å². The second kappa shape index (κ2) is 7.73. The highest BCUT2D eigenvalue weighted by Gasteiger charge is 2.34. The molecule has 0 radical (unpaired) electrons. The summed E-state index contributed by atoms with van der Waals surface area (Å²) < 4.78 is 5.88. The summed E-state index contributed by atoms with van der Waals surface area (Å²) in [5, 5.41) is 10.2. The normalized spacial score (nSPS) is 17.3. The van der Waals surface area contributed by atoms with Gasteiger partial charge in [-0.1, -0.05) is 24.3 Å². The van der Waals surface area contributed by atoms with E-state index in [1.807, 2.05) is 0 Å². The van der Waals surface area contributed by atoms with Gasteiger partial charge in [-0.2, -0.15) is 0 Å². The Labute approximate surface area is 164 Å². The van der Waals surface area contributed by atoms with E-state index >= 15 is 0 Å². The molecule has 6 heteroatoms. The summed E-state index contributed by atoms with van der Waals surface area (Å²) in [4.78, 5) is 30.5. The standard InChI is InChI=1S/C22H24N2O4/c1-23-10-12-24(13-11-23)9-4-14-28-18-8-7-17(25)19-20(18)22(27)16-6-3-2-5-15(16)21(19)26/h2-3,5-8,25H,4,9-14H2,1H3. The zero-order valence-electron chi connectivity index (χ0n) is 16.0. The van der Waals surface area contributed by atoms with E-state index in [0.29, 0.717) is 23.5 Å². The molecular weight excluding hydrogens is 356 g/mol. The van der Waals surface area contributed by atoms with Crippen LogP contribution in [0, 0.1) is 0 Å². The molecule has 0 saturated carbocycles. The molecule has 146 valence electrons. The Balaban J connectivity index is 1.49. The zero-order valence-corrected chi connectivity index (χ0v) is 16.0. The SMILES string of the molecule is CN1CCN(CCCOc2ccc(O)c3c2C(=O)c2ccccc2C3=O)CC1. The predicted octanol–water partition coefficient (Wildman–Crippen LogP) is 2.18.